The average molecular weight is 475 g/mol. The lowest BCUT2D eigenvalue weighted by Gasteiger charge is -2.42. The van der Waals surface area contributed by atoms with Crippen LogP contribution in [0.2, 0.25) is 0 Å². The Morgan fingerprint density at radius 1 is 1.09 bits per heavy atom. The molecule has 9 heteroatoms. The van der Waals surface area contributed by atoms with E-state index in [4.69, 9.17) is 9.29 Å². The molecule has 33 heavy (non-hydrogen) atoms. The molecule has 5 rings (SSSR count). The van der Waals surface area contributed by atoms with Gasteiger partial charge in [0.1, 0.15) is 5.75 Å². The molecule has 1 saturated heterocycles. The minimum Gasteiger partial charge on any atom is -0.494 e. The Kier molecular flexibility index (Phi) is 6.93. The molecule has 4 atom stereocenters. The lowest BCUT2D eigenvalue weighted by molar-refractivity contribution is 0.123. The van der Waals surface area contributed by atoms with Crippen LogP contribution in [0.4, 0.5) is 5.95 Å². The summed E-state index contributed by atoms with van der Waals surface area (Å²) in [6.07, 6.45) is 7.09. The van der Waals surface area contributed by atoms with Gasteiger partial charge in [-0.05, 0) is 61.3 Å². The molecule has 0 radical (unpaired) electrons. The molecule has 1 N–H and O–H groups in total. The summed E-state index contributed by atoms with van der Waals surface area (Å²) in [6.45, 7) is 9.31. The van der Waals surface area contributed by atoms with Crippen LogP contribution in [0.5, 0.6) is 5.75 Å². The van der Waals surface area contributed by atoms with Crippen molar-refractivity contribution >= 4 is 16.1 Å². The van der Waals surface area contributed by atoms with Crippen LogP contribution in [0.15, 0.2) is 42.7 Å². The van der Waals surface area contributed by atoms with Gasteiger partial charge in [0.15, 0.2) is 0 Å². The minimum atomic E-state index is -3.67. The highest BCUT2D eigenvalue weighted by atomic mass is 32.2. The van der Waals surface area contributed by atoms with Crippen molar-refractivity contribution in [2.24, 2.45) is 17.8 Å². The average Bonchev–Trinajstić information content (AvgIpc) is 3.20. The Balaban J connectivity index is 0.000000471. The van der Waals surface area contributed by atoms with E-state index in [-0.39, 0.29) is 5.54 Å². The summed E-state index contributed by atoms with van der Waals surface area (Å²) < 4.78 is 31.7. The highest BCUT2D eigenvalue weighted by Gasteiger charge is 2.70. The number of ether oxygens (including phenoxy) is 1. The molecule has 0 amide bonds. The molecule has 1 aromatic heterocycles. The van der Waals surface area contributed by atoms with Crippen molar-refractivity contribution in [3.63, 3.8) is 0 Å². The quantitative estimate of drug-likeness (QED) is 0.661. The van der Waals surface area contributed by atoms with Gasteiger partial charge < -0.3 is 9.64 Å². The Labute approximate surface area is 196 Å². The Bertz CT molecular complexity index is 1020. The summed E-state index contributed by atoms with van der Waals surface area (Å²) in [6, 6.07) is 10.8. The lowest BCUT2D eigenvalue weighted by atomic mass is 9.89. The fraction of sp³-hybridized carbons (Fsp3) is 0.583. The number of hydrogen-bond donors (Lipinski definition) is 1. The third kappa shape index (κ3) is 5.15. The second kappa shape index (κ2) is 9.56. The van der Waals surface area contributed by atoms with Crippen LogP contribution >= 0.6 is 0 Å². The van der Waals surface area contributed by atoms with Gasteiger partial charge in [0, 0.05) is 38.6 Å². The van der Waals surface area contributed by atoms with E-state index in [1.165, 1.54) is 18.4 Å². The molecule has 180 valence electrons. The van der Waals surface area contributed by atoms with Crippen molar-refractivity contribution in [3.05, 3.63) is 48.3 Å². The number of anilines is 1. The summed E-state index contributed by atoms with van der Waals surface area (Å²) in [5.41, 5.74) is 1.67. The first-order valence-corrected chi connectivity index (χ1v) is 13.5. The Hall–Kier alpha value is -2.23. The molecule has 3 fully saturated rings. The molecule has 3 aliphatic rings. The molecule has 0 spiro atoms. The maximum Gasteiger partial charge on any atom is 0.261 e. The van der Waals surface area contributed by atoms with Crippen LogP contribution in [0.1, 0.15) is 32.3 Å². The first kappa shape index (κ1) is 23.9. The van der Waals surface area contributed by atoms with Crippen LogP contribution < -0.4 is 9.64 Å². The topological polar surface area (TPSA) is 95.9 Å². The van der Waals surface area contributed by atoms with Crippen LogP contribution in [0.3, 0.4) is 0 Å². The van der Waals surface area contributed by atoms with Crippen molar-refractivity contribution in [1.82, 2.24) is 14.9 Å². The number of nitrogens with zero attached hydrogens (tertiary/aromatic N) is 4. The third-order valence-corrected chi connectivity index (χ3v) is 7.07. The number of fused-ring (bicyclic) bond motifs is 1. The van der Waals surface area contributed by atoms with E-state index >= 15 is 0 Å². The maximum atomic E-state index is 9.19. The van der Waals surface area contributed by atoms with Crippen LogP contribution in [-0.4, -0.2) is 66.9 Å². The summed E-state index contributed by atoms with van der Waals surface area (Å²) in [7, 11) is -3.67. The zero-order valence-corrected chi connectivity index (χ0v) is 20.4. The van der Waals surface area contributed by atoms with Crippen molar-refractivity contribution in [1.29, 1.82) is 0 Å². The molecular weight excluding hydrogens is 440 g/mol. The number of benzene rings is 1. The predicted molar refractivity (Wildman–Crippen MR) is 128 cm³/mol. The van der Waals surface area contributed by atoms with E-state index in [2.05, 4.69) is 57.9 Å². The standard InChI is InChI=1S/C23H30N4O.CH4O3S/c1-3-28-19-7-4-6-18(16-19)23(20-14-17(2)15-21(20)23)27-12-10-26(11-13-27)22-24-8-5-9-25-22;1-5(2,3)4/h4-9,16-17,20-21H,3,10-15H2,1-2H3;1H3,(H,2,3,4)/t17?,20-,21+,23?;. The highest BCUT2D eigenvalue weighted by molar-refractivity contribution is 7.85. The van der Waals surface area contributed by atoms with E-state index in [0.29, 0.717) is 6.26 Å². The molecule has 2 aliphatic carbocycles. The molecule has 2 aromatic rings. The first-order valence-electron chi connectivity index (χ1n) is 11.7. The van der Waals surface area contributed by atoms with Gasteiger partial charge in [-0.3, -0.25) is 9.45 Å². The van der Waals surface area contributed by atoms with Gasteiger partial charge in [-0.2, -0.15) is 8.42 Å². The lowest BCUT2D eigenvalue weighted by Crippen LogP contribution is -2.52. The van der Waals surface area contributed by atoms with Gasteiger partial charge in [-0.15, -0.1) is 0 Å². The van der Waals surface area contributed by atoms with E-state index in [9.17, 15) is 8.42 Å². The number of aromatic nitrogens is 2. The van der Waals surface area contributed by atoms with Crippen LogP contribution in [0.25, 0.3) is 0 Å². The molecule has 1 aromatic carbocycles. The summed E-state index contributed by atoms with van der Waals surface area (Å²) in [4.78, 5) is 14.0. The van der Waals surface area contributed by atoms with Gasteiger partial charge in [-0.25, -0.2) is 9.97 Å². The van der Waals surface area contributed by atoms with E-state index in [0.717, 1.165) is 62.2 Å². The van der Waals surface area contributed by atoms with E-state index < -0.39 is 10.1 Å². The van der Waals surface area contributed by atoms with Gasteiger partial charge in [0.25, 0.3) is 10.1 Å². The molecule has 8 nitrogen and oxygen atoms in total. The molecule has 2 saturated carbocycles. The van der Waals surface area contributed by atoms with Gasteiger partial charge in [0.2, 0.25) is 5.95 Å². The highest BCUT2D eigenvalue weighted by Crippen LogP contribution is 2.70. The van der Waals surface area contributed by atoms with Crippen LogP contribution in [0, 0.1) is 17.8 Å². The second-order valence-electron chi connectivity index (χ2n) is 9.33. The zero-order chi connectivity index (χ0) is 23.6. The van der Waals surface area contributed by atoms with Crippen LogP contribution in [-0.2, 0) is 15.7 Å². The Morgan fingerprint density at radius 3 is 2.27 bits per heavy atom. The summed E-state index contributed by atoms with van der Waals surface area (Å²) in [5.74, 6) is 4.31. The Morgan fingerprint density at radius 2 is 1.70 bits per heavy atom. The second-order valence-corrected chi connectivity index (χ2v) is 10.8. The molecule has 1 aliphatic heterocycles. The van der Waals surface area contributed by atoms with E-state index in [1.54, 1.807) is 0 Å². The summed E-state index contributed by atoms with van der Waals surface area (Å²) in [5, 5.41) is 0. The molecule has 2 unspecified atom stereocenters. The number of rotatable bonds is 5. The van der Waals surface area contributed by atoms with Gasteiger partial charge >= 0.3 is 0 Å². The smallest absolute Gasteiger partial charge is 0.261 e. The van der Waals surface area contributed by atoms with Crippen molar-refractivity contribution in [2.75, 3.05) is 43.9 Å². The van der Waals surface area contributed by atoms with Crippen molar-refractivity contribution in [3.8, 4) is 5.75 Å². The van der Waals surface area contributed by atoms with Gasteiger partial charge in [0.05, 0.1) is 18.4 Å². The van der Waals surface area contributed by atoms with Gasteiger partial charge in [-0.1, -0.05) is 19.1 Å². The molecule has 0 bridgehead atoms. The minimum absolute atomic E-state index is 0.212. The maximum absolute atomic E-state index is 9.19. The fourth-order valence-electron chi connectivity index (χ4n) is 5.99. The normalized spacial score (nSPS) is 29.1. The van der Waals surface area contributed by atoms with Crippen molar-refractivity contribution < 1.29 is 17.7 Å². The first-order chi connectivity index (χ1) is 15.7. The summed E-state index contributed by atoms with van der Waals surface area (Å²) >= 11 is 0. The van der Waals surface area contributed by atoms with Crippen molar-refractivity contribution in [2.45, 2.75) is 32.2 Å². The largest absolute Gasteiger partial charge is 0.494 e. The predicted octanol–water partition coefficient (Wildman–Crippen LogP) is 3.07. The fourth-order valence-corrected chi connectivity index (χ4v) is 5.99. The molecule has 2 heterocycles. The molecular formula is C24H34N4O4S. The number of piperazine rings is 1. The zero-order valence-electron chi connectivity index (χ0n) is 19.6. The number of hydrogen-bond acceptors (Lipinski definition) is 7. The monoisotopic (exact) mass is 474 g/mol. The van der Waals surface area contributed by atoms with E-state index in [1.807, 2.05) is 18.5 Å². The SMILES string of the molecule is CCOc1cccc(C2(N3CCN(c4ncccn4)CC3)[C@@H]3CC(C)C[C@@H]32)c1.CS(=O)(=O)O. The third-order valence-electron chi connectivity index (χ3n) is 7.07.